The van der Waals surface area contributed by atoms with Gasteiger partial charge in [0.15, 0.2) is 0 Å². The number of hydrogen-bond acceptors (Lipinski definition) is 5. The van der Waals surface area contributed by atoms with Crippen LogP contribution in [0.25, 0.3) is 0 Å². The molecule has 6 nitrogen and oxygen atoms in total. The molecule has 7 heteroatoms. The highest BCUT2D eigenvalue weighted by Crippen LogP contribution is 2.27. The Hall–Kier alpha value is -2.28. The van der Waals surface area contributed by atoms with Crippen LogP contribution in [0.15, 0.2) is 22.6 Å². The van der Waals surface area contributed by atoms with E-state index in [1.807, 2.05) is 20.8 Å². The van der Waals surface area contributed by atoms with Gasteiger partial charge in [-0.25, -0.2) is 4.39 Å². The van der Waals surface area contributed by atoms with E-state index in [1.54, 1.807) is 17.9 Å². The molecule has 1 aromatic carbocycles. The fourth-order valence-electron chi connectivity index (χ4n) is 2.54. The molecule has 0 aliphatic rings. The van der Waals surface area contributed by atoms with E-state index in [2.05, 4.69) is 10.2 Å². The quantitative estimate of drug-likeness (QED) is 0.837. The first-order valence-electron chi connectivity index (χ1n) is 7.89. The molecule has 130 valence electrons. The van der Waals surface area contributed by atoms with Gasteiger partial charge in [0.2, 0.25) is 11.8 Å². The maximum atomic E-state index is 13.5. The van der Waals surface area contributed by atoms with Gasteiger partial charge in [0.05, 0.1) is 6.54 Å². The third kappa shape index (κ3) is 3.97. The lowest BCUT2D eigenvalue weighted by Gasteiger charge is -2.31. The number of aromatic nitrogens is 2. The molecule has 0 aliphatic carbocycles. The van der Waals surface area contributed by atoms with Gasteiger partial charge in [0.25, 0.3) is 0 Å². The van der Waals surface area contributed by atoms with E-state index in [4.69, 9.17) is 4.42 Å². The normalized spacial score (nSPS) is 12.8. The monoisotopic (exact) mass is 335 g/mol. The zero-order valence-electron chi connectivity index (χ0n) is 14.3. The summed E-state index contributed by atoms with van der Waals surface area (Å²) in [5.74, 6) is -0.489. The molecule has 0 saturated carbocycles. The number of carboxylic acids is 1. The molecule has 24 heavy (non-hydrogen) atoms. The number of rotatable bonds is 7. The van der Waals surface area contributed by atoms with E-state index < -0.39 is 12.0 Å². The van der Waals surface area contributed by atoms with Gasteiger partial charge in [0.1, 0.15) is 11.9 Å². The second kappa shape index (κ2) is 7.53. The standard InChI is InChI=1S/C17H22FN3O3/c1-5-14-19-20-15(24-14)9-21(10(2)3)16(17(22)23)12-6-7-13(18)11(4)8-12/h6-8,10,16H,5,9H2,1-4H3,(H,22,23). The zero-order chi connectivity index (χ0) is 17.9. The third-order valence-corrected chi connectivity index (χ3v) is 3.86. The van der Waals surface area contributed by atoms with E-state index >= 15 is 0 Å². The predicted molar refractivity (Wildman–Crippen MR) is 85.9 cm³/mol. The van der Waals surface area contributed by atoms with E-state index in [0.29, 0.717) is 29.3 Å². The average molecular weight is 335 g/mol. The summed E-state index contributed by atoms with van der Waals surface area (Å²) in [7, 11) is 0. The van der Waals surface area contributed by atoms with Crippen molar-refractivity contribution in [2.75, 3.05) is 0 Å². The number of aliphatic carboxylic acids is 1. The molecule has 1 heterocycles. The predicted octanol–water partition coefficient (Wildman–Crippen LogP) is 3.12. The van der Waals surface area contributed by atoms with Gasteiger partial charge in [-0.05, 0) is 38.0 Å². The Balaban J connectivity index is 2.36. The molecular formula is C17H22FN3O3. The Bertz CT molecular complexity index is 715. The van der Waals surface area contributed by atoms with Gasteiger partial charge in [-0.3, -0.25) is 9.69 Å². The van der Waals surface area contributed by atoms with Gasteiger partial charge < -0.3 is 9.52 Å². The molecule has 1 N–H and O–H groups in total. The second-order valence-corrected chi connectivity index (χ2v) is 5.96. The van der Waals surface area contributed by atoms with Crippen molar-refractivity contribution in [3.05, 3.63) is 46.9 Å². The summed E-state index contributed by atoms with van der Waals surface area (Å²) in [6.45, 7) is 7.51. The van der Waals surface area contributed by atoms with Crippen LogP contribution in [0.1, 0.15) is 49.7 Å². The molecule has 0 radical (unpaired) electrons. The summed E-state index contributed by atoms with van der Waals surface area (Å²) in [5.41, 5.74) is 0.929. The maximum Gasteiger partial charge on any atom is 0.325 e. The lowest BCUT2D eigenvalue weighted by molar-refractivity contribution is -0.145. The van der Waals surface area contributed by atoms with Crippen LogP contribution in [0.4, 0.5) is 4.39 Å². The number of carboxylic acid groups (broad SMARTS) is 1. The van der Waals surface area contributed by atoms with E-state index in [-0.39, 0.29) is 18.4 Å². The van der Waals surface area contributed by atoms with Crippen molar-refractivity contribution < 1.29 is 18.7 Å². The maximum absolute atomic E-state index is 13.5. The molecule has 0 bridgehead atoms. The van der Waals surface area contributed by atoms with Crippen molar-refractivity contribution in [3.8, 4) is 0 Å². The topological polar surface area (TPSA) is 79.5 Å². The lowest BCUT2D eigenvalue weighted by atomic mass is 10.0. The van der Waals surface area contributed by atoms with Crippen LogP contribution in [-0.2, 0) is 17.8 Å². The molecule has 0 saturated heterocycles. The molecule has 0 amide bonds. The number of carbonyl (C=O) groups is 1. The van der Waals surface area contributed by atoms with Crippen LogP contribution in [-0.4, -0.2) is 32.2 Å². The van der Waals surface area contributed by atoms with Crippen molar-refractivity contribution in [3.63, 3.8) is 0 Å². The summed E-state index contributed by atoms with van der Waals surface area (Å²) < 4.78 is 19.0. The van der Waals surface area contributed by atoms with E-state index in [1.165, 1.54) is 12.1 Å². The van der Waals surface area contributed by atoms with Crippen molar-refractivity contribution >= 4 is 5.97 Å². The smallest absolute Gasteiger partial charge is 0.325 e. The van der Waals surface area contributed by atoms with Gasteiger partial charge in [0, 0.05) is 12.5 Å². The molecule has 2 rings (SSSR count). The fourth-order valence-corrected chi connectivity index (χ4v) is 2.54. The van der Waals surface area contributed by atoms with Crippen molar-refractivity contribution in [1.29, 1.82) is 0 Å². The van der Waals surface area contributed by atoms with Crippen molar-refractivity contribution in [2.45, 2.75) is 52.7 Å². The first-order chi connectivity index (χ1) is 11.3. The molecule has 0 spiro atoms. The molecule has 0 aliphatic heterocycles. The first kappa shape index (κ1) is 18.1. The molecule has 0 fully saturated rings. The van der Waals surface area contributed by atoms with Crippen LogP contribution in [0.3, 0.4) is 0 Å². The van der Waals surface area contributed by atoms with Gasteiger partial charge in [-0.15, -0.1) is 10.2 Å². The Morgan fingerprint density at radius 1 is 1.33 bits per heavy atom. The highest BCUT2D eigenvalue weighted by molar-refractivity contribution is 5.75. The third-order valence-electron chi connectivity index (χ3n) is 3.86. The Labute approximate surface area is 140 Å². The van der Waals surface area contributed by atoms with Crippen molar-refractivity contribution in [2.24, 2.45) is 0 Å². The molecular weight excluding hydrogens is 313 g/mol. The minimum absolute atomic E-state index is 0.0894. The first-order valence-corrected chi connectivity index (χ1v) is 7.89. The van der Waals surface area contributed by atoms with Gasteiger partial charge in [-0.1, -0.05) is 19.1 Å². The Morgan fingerprint density at radius 2 is 2.00 bits per heavy atom. The molecule has 1 aromatic heterocycles. The van der Waals surface area contributed by atoms with Crippen LogP contribution in [0.2, 0.25) is 0 Å². The Kier molecular flexibility index (Phi) is 5.66. The fraction of sp³-hybridized carbons (Fsp3) is 0.471. The van der Waals surface area contributed by atoms with Crippen LogP contribution < -0.4 is 0 Å². The molecule has 1 unspecified atom stereocenters. The Morgan fingerprint density at radius 3 is 2.50 bits per heavy atom. The largest absolute Gasteiger partial charge is 0.480 e. The highest BCUT2D eigenvalue weighted by atomic mass is 19.1. The average Bonchev–Trinajstić information content (AvgIpc) is 2.97. The number of hydrogen-bond donors (Lipinski definition) is 1. The van der Waals surface area contributed by atoms with Crippen LogP contribution in [0.5, 0.6) is 0 Å². The number of halogens is 1. The summed E-state index contributed by atoms with van der Waals surface area (Å²) >= 11 is 0. The zero-order valence-corrected chi connectivity index (χ0v) is 14.3. The second-order valence-electron chi connectivity index (χ2n) is 5.96. The summed E-state index contributed by atoms with van der Waals surface area (Å²) in [5, 5.41) is 17.6. The van der Waals surface area contributed by atoms with Crippen molar-refractivity contribution in [1.82, 2.24) is 15.1 Å². The summed E-state index contributed by atoms with van der Waals surface area (Å²) in [6, 6.07) is 3.34. The molecule has 2 aromatic rings. The lowest BCUT2D eigenvalue weighted by Crippen LogP contribution is -2.38. The number of benzene rings is 1. The van der Waals surface area contributed by atoms with Crippen LogP contribution >= 0.6 is 0 Å². The van der Waals surface area contributed by atoms with E-state index in [0.717, 1.165) is 0 Å². The molecule has 1 atom stereocenters. The number of aryl methyl sites for hydroxylation is 2. The van der Waals surface area contributed by atoms with E-state index in [9.17, 15) is 14.3 Å². The van der Waals surface area contributed by atoms with Crippen LogP contribution in [0, 0.1) is 12.7 Å². The SMILES string of the molecule is CCc1nnc(CN(C(C)C)C(C(=O)O)c2ccc(F)c(C)c2)o1. The summed E-state index contributed by atoms with van der Waals surface area (Å²) in [4.78, 5) is 13.6. The van der Waals surface area contributed by atoms with Gasteiger partial charge >= 0.3 is 5.97 Å². The number of nitrogens with zero attached hydrogens (tertiary/aromatic N) is 3. The minimum Gasteiger partial charge on any atom is -0.480 e. The summed E-state index contributed by atoms with van der Waals surface area (Å²) in [6.07, 6.45) is 0.619. The highest BCUT2D eigenvalue weighted by Gasteiger charge is 2.31. The minimum atomic E-state index is -1.01. The van der Waals surface area contributed by atoms with Gasteiger partial charge in [-0.2, -0.15) is 0 Å².